The van der Waals surface area contributed by atoms with Gasteiger partial charge in [0.15, 0.2) is 0 Å². The first kappa shape index (κ1) is 17.0. The predicted molar refractivity (Wildman–Crippen MR) is 97.6 cm³/mol. The van der Waals surface area contributed by atoms with Gasteiger partial charge in [-0.3, -0.25) is 9.59 Å². The van der Waals surface area contributed by atoms with E-state index in [4.69, 9.17) is 4.74 Å². The van der Waals surface area contributed by atoms with Crippen LogP contribution in [0.4, 0.5) is 0 Å². The lowest BCUT2D eigenvalue weighted by atomic mass is 9.90. The van der Waals surface area contributed by atoms with E-state index in [9.17, 15) is 9.59 Å². The number of rotatable bonds is 3. The van der Waals surface area contributed by atoms with Crippen molar-refractivity contribution in [2.75, 3.05) is 13.2 Å². The molecule has 1 amide bonds. The van der Waals surface area contributed by atoms with E-state index < -0.39 is 0 Å². The van der Waals surface area contributed by atoms with Crippen molar-refractivity contribution in [2.24, 2.45) is 0 Å². The number of hydrogen-bond acceptors (Lipinski definition) is 4. The number of carbonyl (C=O) groups excluding carboxylic acids is 1. The van der Waals surface area contributed by atoms with Gasteiger partial charge in [-0.15, -0.1) is 0 Å². The van der Waals surface area contributed by atoms with Crippen molar-refractivity contribution in [1.29, 1.82) is 0 Å². The first-order chi connectivity index (χ1) is 12.7. The van der Waals surface area contributed by atoms with Crippen LogP contribution in [0.2, 0.25) is 0 Å². The van der Waals surface area contributed by atoms with Crippen molar-refractivity contribution in [3.05, 3.63) is 52.8 Å². The van der Waals surface area contributed by atoms with Crippen LogP contribution < -0.4 is 5.56 Å². The highest BCUT2D eigenvalue weighted by atomic mass is 16.5. The van der Waals surface area contributed by atoms with E-state index in [0.717, 1.165) is 31.2 Å². The molecule has 2 aromatic rings. The van der Waals surface area contributed by atoms with E-state index in [1.54, 1.807) is 6.07 Å². The Kier molecular flexibility index (Phi) is 4.84. The van der Waals surface area contributed by atoms with E-state index in [2.05, 4.69) is 5.10 Å². The molecule has 136 valence electrons. The van der Waals surface area contributed by atoms with Crippen LogP contribution in [0, 0.1) is 0 Å². The topological polar surface area (TPSA) is 64.4 Å². The van der Waals surface area contributed by atoms with Gasteiger partial charge in [-0.05, 0) is 18.9 Å². The van der Waals surface area contributed by atoms with Crippen molar-refractivity contribution in [3.8, 4) is 11.3 Å². The van der Waals surface area contributed by atoms with Crippen LogP contribution in [-0.2, 0) is 16.1 Å². The Morgan fingerprint density at radius 1 is 1.12 bits per heavy atom. The van der Waals surface area contributed by atoms with E-state index in [1.807, 2.05) is 35.2 Å². The molecule has 6 nitrogen and oxygen atoms in total. The molecule has 0 radical (unpaired) electrons. The van der Waals surface area contributed by atoms with Crippen LogP contribution in [0.5, 0.6) is 0 Å². The second-order valence-electron chi connectivity index (χ2n) is 6.93. The molecule has 2 heterocycles. The summed E-state index contributed by atoms with van der Waals surface area (Å²) in [6.07, 6.45) is 4.40. The first-order valence-corrected chi connectivity index (χ1v) is 9.27. The molecule has 1 aliphatic heterocycles. The molecule has 1 aromatic heterocycles. The zero-order chi connectivity index (χ0) is 17.9. The third kappa shape index (κ3) is 3.42. The molecular formula is C20H23N3O3. The summed E-state index contributed by atoms with van der Waals surface area (Å²) in [4.78, 5) is 27.0. The number of fused-ring (bicyclic) bond motifs is 1. The maximum atomic E-state index is 12.9. The summed E-state index contributed by atoms with van der Waals surface area (Å²) < 4.78 is 7.11. The van der Waals surface area contributed by atoms with Crippen LogP contribution in [-0.4, -0.2) is 45.9 Å². The maximum absolute atomic E-state index is 12.9. The van der Waals surface area contributed by atoms with Crippen molar-refractivity contribution in [1.82, 2.24) is 14.7 Å². The third-order valence-corrected chi connectivity index (χ3v) is 5.27. The van der Waals surface area contributed by atoms with Crippen molar-refractivity contribution in [3.63, 3.8) is 0 Å². The number of carbonyl (C=O) groups is 1. The molecule has 1 aliphatic carbocycles. The van der Waals surface area contributed by atoms with E-state index in [1.165, 1.54) is 10.7 Å². The van der Waals surface area contributed by atoms with Gasteiger partial charge in [0.2, 0.25) is 5.91 Å². The van der Waals surface area contributed by atoms with Gasteiger partial charge < -0.3 is 9.64 Å². The zero-order valence-corrected chi connectivity index (χ0v) is 14.7. The lowest BCUT2D eigenvalue weighted by Crippen LogP contribution is -2.55. The van der Waals surface area contributed by atoms with Gasteiger partial charge in [0, 0.05) is 18.2 Å². The molecule has 2 aliphatic rings. The van der Waals surface area contributed by atoms with E-state index >= 15 is 0 Å². The fourth-order valence-corrected chi connectivity index (χ4v) is 3.95. The lowest BCUT2D eigenvalue weighted by molar-refractivity contribution is -0.150. The standard InChI is InChI=1S/C20H23N3O3/c24-19-11-10-16(15-6-2-1-3-7-15)21-23(19)14-20(25)22-12-13-26-18-9-5-4-8-17(18)22/h1-3,6-7,10-11,17-18H,4-5,8-9,12-14H2/t17-,18+/m1/s1. The number of ether oxygens (including phenoxy) is 1. The van der Waals surface area contributed by atoms with Crippen LogP contribution >= 0.6 is 0 Å². The predicted octanol–water partition coefficient (Wildman–Crippen LogP) is 2.08. The van der Waals surface area contributed by atoms with E-state index in [-0.39, 0.29) is 30.2 Å². The molecular weight excluding hydrogens is 330 g/mol. The van der Waals surface area contributed by atoms with Crippen LogP contribution in [0.1, 0.15) is 25.7 Å². The van der Waals surface area contributed by atoms with Gasteiger partial charge in [-0.25, -0.2) is 4.68 Å². The van der Waals surface area contributed by atoms with Gasteiger partial charge >= 0.3 is 0 Å². The summed E-state index contributed by atoms with van der Waals surface area (Å²) in [5.74, 6) is -0.0509. The van der Waals surface area contributed by atoms with Crippen LogP contribution in [0.15, 0.2) is 47.3 Å². The van der Waals surface area contributed by atoms with Crippen LogP contribution in [0.25, 0.3) is 11.3 Å². The minimum Gasteiger partial charge on any atom is -0.374 e. The Labute approximate surface area is 152 Å². The normalized spacial score (nSPS) is 22.7. The Morgan fingerprint density at radius 3 is 2.77 bits per heavy atom. The van der Waals surface area contributed by atoms with Gasteiger partial charge in [-0.1, -0.05) is 43.2 Å². The highest BCUT2D eigenvalue weighted by Crippen LogP contribution is 2.28. The molecule has 1 saturated heterocycles. The molecule has 2 atom stereocenters. The highest BCUT2D eigenvalue weighted by molar-refractivity contribution is 5.76. The molecule has 0 unspecified atom stereocenters. The number of morpholine rings is 1. The first-order valence-electron chi connectivity index (χ1n) is 9.27. The van der Waals surface area contributed by atoms with Gasteiger partial charge in [-0.2, -0.15) is 5.10 Å². The summed E-state index contributed by atoms with van der Waals surface area (Å²) in [7, 11) is 0. The van der Waals surface area contributed by atoms with Crippen LogP contribution in [0.3, 0.4) is 0 Å². The fraction of sp³-hybridized carbons (Fsp3) is 0.450. The van der Waals surface area contributed by atoms with Gasteiger partial charge in [0.1, 0.15) is 6.54 Å². The number of aromatic nitrogens is 2. The Hall–Kier alpha value is -2.47. The monoisotopic (exact) mass is 353 g/mol. The number of amides is 1. The molecule has 6 heteroatoms. The second kappa shape index (κ2) is 7.41. The molecule has 2 fully saturated rings. The summed E-state index contributed by atoms with van der Waals surface area (Å²) >= 11 is 0. The SMILES string of the molecule is O=C(Cn1nc(-c2ccccc2)ccc1=O)N1CCO[C@H]2CCCC[C@H]21. The van der Waals surface area contributed by atoms with Crippen molar-refractivity contribution in [2.45, 2.75) is 44.4 Å². The molecule has 0 N–H and O–H groups in total. The summed E-state index contributed by atoms with van der Waals surface area (Å²) in [5, 5.41) is 4.41. The summed E-state index contributed by atoms with van der Waals surface area (Å²) in [6.45, 7) is 1.13. The minimum absolute atomic E-state index is 0.0251. The van der Waals surface area contributed by atoms with Crippen molar-refractivity contribution >= 4 is 5.91 Å². The Bertz CT molecular complexity index is 832. The molecule has 1 aromatic carbocycles. The fourth-order valence-electron chi connectivity index (χ4n) is 3.95. The zero-order valence-electron chi connectivity index (χ0n) is 14.7. The second-order valence-corrected chi connectivity index (χ2v) is 6.93. The highest BCUT2D eigenvalue weighted by Gasteiger charge is 2.36. The van der Waals surface area contributed by atoms with Crippen molar-refractivity contribution < 1.29 is 9.53 Å². The molecule has 1 saturated carbocycles. The smallest absolute Gasteiger partial charge is 0.267 e. The largest absolute Gasteiger partial charge is 0.374 e. The number of nitrogens with zero attached hydrogens (tertiary/aromatic N) is 3. The molecule has 26 heavy (non-hydrogen) atoms. The average Bonchev–Trinajstić information content (AvgIpc) is 2.70. The lowest BCUT2D eigenvalue weighted by Gasteiger charge is -2.43. The van der Waals surface area contributed by atoms with E-state index in [0.29, 0.717) is 18.8 Å². The quantitative estimate of drug-likeness (QED) is 0.847. The molecule has 4 rings (SSSR count). The Morgan fingerprint density at radius 2 is 1.92 bits per heavy atom. The minimum atomic E-state index is -0.258. The summed E-state index contributed by atoms with van der Waals surface area (Å²) in [6, 6.07) is 13.0. The number of hydrogen-bond donors (Lipinski definition) is 0. The average molecular weight is 353 g/mol. The van der Waals surface area contributed by atoms with Gasteiger partial charge in [0.05, 0.1) is 24.4 Å². The number of benzene rings is 1. The van der Waals surface area contributed by atoms with Gasteiger partial charge in [0.25, 0.3) is 5.56 Å². The molecule has 0 bridgehead atoms. The maximum Gasteiger partial charge on any atom is 0.267 e. The molecule has 0 spiro atoms. The third-order valence-electron chi connectivity index (χ3n) is 5.27. The summed E-state index contributed by atoms with van der Waals surface area (Å²) in [5.41, 5.74) is 1.36. The Balaban J connectivity index is 1.55.